The van der Waals surface area contributed by atoms with Gasteiger partial charge in [0.15, 0.2) is 5.96 Å². The Kier molecular flexibility index (Phi) is 6.27. The van der Waals surface area contributed by atoms with Gasteiger partial charge in [-0.25, -0.2) is 4.99 Å². The lowest BCUT2D eigenvalue weighted by molar-refractivity contribution is -0.140. The van der Waals surface area contributed by atoms with Gasteiger partial charge < -0.3 is 24.4 Å². The molecule has 0 atom stereocenters. The van der Waals surface area contributed by atoms with Gasteiger partial charge in [0.1, 0.15) is 12.0 Å². The van der Waals surface area contributed by atoms with E-state index in [9.17, 15) is 4.79 Å². The van der Waals surface area contributed by atoms with E-state index in [0.717, 1.165) is 57.2 Å². The van der Waals surface area contributed by atoms with Crippen LogP contribution in [0.15, 0.2) is 21.8 Å². The molecular formula is C17H27N5O3. The van der Waals surface area contributed by atoms with Crippen LogP contribution in [0.5, 0.6) is 0 Å². The van der Waals surface area contributed by atoms with Crippen molar-refractivity contribution in [1.82, 2.24) is 20.3 Å². The molecule has 1 N–H and O–H groups in total. The number of aliphatic imine (C=N–C) groups is 1. The zero-order chi connectivity index (χ0) is 17.5. The first-order valence-electron chi connectivity index (χ1n) is 9.07. The van der Waals surface area contributed by atoms with Gasteiger partial charge in [0.2, 0.25) is 5.91 Å². The largest absolute Gasteiger partial charge is 0.378 e. The average molecular weight is 349 g/mol. The minimum absolute atomic E-state index is 0.118. The van der Waals surface area contributed by atoms with Gasteiger partial charge in [0, 0.05) is 44.7 Å². The number of rotatable bonds is 4. The van der Waals surface area contributed by atoms with Crippen LogP contribution in [0.3, 0.4) is 0 Å². The summed E-state index contributed by atoms with van der Waals surface area (Å²) in [4.78, 5) is 21.4. The predicted molar refractivity (Wildman–Crippen MR) is 93.0 cm³/mol. The first-order valence-corrected chi connectivity index (χ1v) is 9.07. The average Bonchev–Trinajstić information content (AvgIpc) is 3.19. The molecule has 8 nitrogen and oxygen atoms in total. The number of aromatic nitrogens is 1. The fourth-order valence-electron chi connectivity index (χ4n) is 3.28. The van der Waals surface area contributed by atoms with Gasteiger partial charge in [-0.05, 0) is 19.8 Å². The number of piperidine rings is 1. The Bertz CT molecular complexity index is 561. The summed E-state index contributed by atoms with van der Waals surface area (Å²) >= 11 is 0. The van der Waals surface area contributed by atoms with E-state index in [1.165, 1.54) is 0 Å². The Balaban J connectivity index is 1.53. The van der Waals surface area contributed by atoms with Crippen molar-refractivity contribution in [2.45, 2.75) is 26.3 Å². The molecule has 2 fully saturated rings. The standard InChI is InChI=1S/C17H27N5O3/c1-2-18-17(19-13-15-5-10-25-20-15)22-6-3-14(4-7-22)16(23)21-8-11-24-12-9-21/h5,10,14H,2-4,6-9,11-13H2,1H3,(H,18,19). The summed E-state index contributed by atoms with van der Waals surface area (Å²) in [5.41, 5.74) is 0.813. The van der Waals surface area contributed by atoms with Crippen LogP contribution >= 0.6 is 0 Å². The molecule has 2 saturated heterocycles. The third-order valence-corrected chi connectivity index (χ3v) is 4.68. The molecular weight excluding hydrogens is 322 g/mol. The molecule has 2 aliphatic rings. The zero-order valence-electron chi connectivity index (χ0n) is 14.8. The highest BCUT2D eigenvalue weighted by molar-refractivity contribution is 5.81. The van der Waals surface area contributed by atoms with Gasteiger partial charge in [-0.3, -0.25) is 4.79 Å². The number of carbonyl (C=O) groups excluding carboxylic acids is 1. The smallest absolute Gasteiger partial charge is 0.225 e. The molecule has 25 heavy (non-hydrogen) atoms. The number of guanidine groups is 1. The summed E-state index contributed by atoms with van der Waals surface area (Å²) in [5.74, 6) is 1.28. The number of hydrogen-bond acceptors (Lipinski definition) is 5. The van der Waals surface area contributed by atoms with Gasteiger partial charge in [-0.15, -0.1) is 0 Å². The number of ether oxygens (including phenoxy) is 1. The Morgan fingerprint density at radius 2 is 2.04 bits per heavy atom. The van der Waals surface area contributed by atoms with Crippen LogP contribution in [-0.4, -0.2) is 72.8 Å². The van der Waals surface area contributed by atoms with Crippen molar-refractivity contribution < 1.29 is 14.1 Å². The second kappa shape index (κ2) is 8.84. The topological polar surface area (TPSA) is 83.2 Å². The quantitative estimate of drug-likeness (QED) is 0.637. The second-order valence-electron chi connectivity index (χ2n) is 6.36. The maximum absolute atomic E-state index is 12.6. The number of nitrogens with zero attached hydrogens (tertiary/aromatic N) is 4. The molecule has 138 valence electrons. The van der Waals surface area contributed by atoms with Crippen LogP contribution in [0.2, 0.25) is 0 Å². The number of nitrogens with one attached hydrogen (secondary N) is 1. The van der Waals surface area contributed by atoms with Crippen molar-refractivity contribution in [3.8, 4) is 0 Å². The van der Waals surface area contributed by atoms with Crippen LogP contribution < -0.4 is 5.32 Å². The normalized spacial score (nSPS) is 20.0. The van der Waals surface area contributed by atoms with Crippen LogP contribution in [-0.2, 0) is 16.1 Å². The van der Waals surface area contributed by atoms with E-state index in [4.69, 9.17) is 9.26 Å². The molecule has 8 heteroatoms. The van der Waals surface area contributed by atoms with Crippen molar-refractivity contribution >= 4 is 11.9 Å². The van der Waals surface area contributed by atoms with Crippen LogP contribution in [0, 0.1) is 5.92 Å². The van der Waals surface area contributed by atoms with Gasteiger partial charge in [0.05, 0.1) is 19.8 Å². The molecule has 0 spiro atoms. The first-order chi connectivity index (χ1) is 12.3. The van der Waals surface area contributed by atoms with Gasteiger partial charge in [0.25, 0.3) is 0 Å². The molecule has 0 aromatic carbocycles. The van der Waals surface area contributed by atoms with E-state index >= 15 is 0 Å². The Morgan fingerprint density at radius 1 is 1.28 bits per heavy atom. The van der Waals surface area contributed by atoms with Gasteiger partial charge in [-0.1, -0.05) is 5.16 Å². The van der Waals surface area contributed by atoms with E-state index in [1.807, 2.05) is 11.0 Å². The van der Waals surface area contributed by atoms with Crippen molar-refractivity contribution in [2.75, 3.05) is 45.9 Å². The van der Waals surface area contributed by atoms with Crippen molar-refractivity contribution in [2.24, 2.45) is 10.9 Å². The molecule has 1 aromatic rings. The minimum Gasteiger partial charge on any atom is -0.378 e. The highest BCUT2D eigenvalue weighted by Gasteiger charge is 2.30. The molecule has 2 aliphatic heterocycles. The van der Waals surface area contributed by atoms with Crippen molar-refractivity contribution in [1.29, 1.82) is 0 Å². The Morgan fingerprint density at radius 3 is 2.68 bits per heavy atom. The zero-order valence-corrected chi connectivity index (χ0v) is 14.8. The maximum atomic E-state index is 12.6. The first kappa shape index (κ1) is 17.7. The molecule has 3 heterocycles. The van der Waals surface area contributed by atoms with Crippen LogP contribution in [0.4, 0.5) is 0 Å². The van der Waals surface area contributed by atoms with Crippen LogP contribution in [0.25, 0.3) is 0 Å². The lowest BCUT2D eigenvalue weighted by atomic mass is 9.95. The number of amides is 1. The summed E-state index contributed by atoms with van der Waals surface area (Å²) in [6, 6.07) is 1.82. The summed E-state index contributed by atoms with van der Waals surface area (Å²) in [5, 5.41) is 7.22. The lowest BCUT2D eigenvalue weighted by Crippen LogP contribution is -2.50. The maximum Gasteiger partial charge on any atom is 0.225 e. The van der Waals surface area contributed by atoms with E-state index in [0.29, 0.717) is 19.8 Å². The van der Waals surface area contributed by atoms with Crippen molar-refractivity contribution in [3.05, 3.63) is 18.0 Å². The Hall–Kier alpha value is -2.09. The van der Waals surface area contributed by atoms with E-state index in [2.05, 4.69) is 27.3 Å². The molecule has 0 bridgehead atoms. The number of hydrogen-bond donors (Lipinski definition) is 1. The summed E-state index contributed by atoms with van der Waals surface area (Å²) in [6.07, 6.45) is 3.29. The van der Waals surface area contributed by atoms with E-state index < -0.39 is 0 Å². The second-order valence-corrected chi connectivity index (χ2v) is 6.36. The fourth-order valence-corrected chi connectivity index (χ4v) is 3.28. The highest BCUT2D eigenvalue weighted by Crippen LogP contribution is 2.20. The minimum atomic E-state index is 0.118. The summed E-state index contributed by atoms with van der Waals surface area (Å²) in [6.45, 7) is 7.79. The monoisotopic (exact) mass is 349 g/mol. The van der Waals surface area contributed by atoms with E-state index in [1.54, 1.807) is 6.26 Å². The number of carbonyl (C=O) groups is 1. The lowest BCUT2D eigenvalue weighted by Gasteiger charge is -2.36. The number of likely N-dealkylation sites (tertiary alicyclic amines) is 1. The third-order valence-electron chi connectivity index (χ3n) is 4.68. The molecule has 0 aliphatic carbocycles. The molecule has 0 radical (unpaired) electrons. The van der Waals surface area contributed by atoms with Gasteiger partial charge in [-0.2, -0.15) is 0 Å². The molecule has 1 amide bonds. The molecule has 1 aromatic heterocycles. The fraction of sp³-hybridized carbons (Fsp3) is 0.706. The number of morpholine rings is 1. The molecule has 3 rings (SSSR count). The Labute approximate surface area is 148 Å². The SMILES string of the molecule is CCNC(=NCc1ccon1)N1CCC(C(=O)N2CCOCC2)CC1. The molecule has 0 saturated carbocycles. The van der Waals surface area contributed by atoms with Crippen molar-refractivity contribution in [3.63, 3.8) is 0 Å². The predicted octanol–water partition coefficient (Wildman–Crippen LogP) is 0.711. The third kappa shape index (κ3) is 4.72. The molecule has 0 unspecified atom stereocenters. The van der Waals surface area contributed by atoms with Crippen LogP contribution in [0.1, 0.15) is 25.5 Å². The summed E-state index contributed by atoms with van der Waals surface area (Å²) in [7, 11) is 0. The summed E-state index contributed by atoms with van der Waals surface area (Å²) < 4.78 is 10.2. The highest BCUT2D eigenvalue weighted by atomic mass is 16.5. The van der Waals surface area contributed by atoms with Gasteiger partial charge >= 0.3 is 0 Å². The van der Waals surface area contributed by atoms with E-state index in [-0.39, 0.29) is 11.8 Å².